The summed E-state index contributed by atoms with van der Waals surface area (Å²) in [5.41, 5.74) is 1.95. The highest BCUT2D eigenvalue weighted by atomic mass is 35.5. The number of aromatic nitrogens is 4. The van der Waals surface area contributed by atoms with Gasteiger partial charge < -0.3 is 9.84 Å². The number of nitrogens with zero attached hydrogens (tertiary/aromatic N) is 4. The van der Waals surface area contributed by atoms with Crippen LogP contribution < -0.4 is 0 Å². The Morgan fingerprint density at radius 2 is 1.93 bits per heavy atom. The lowest BCUT2D eigenvalue weighted by molar-refractivity contribution is 0.00621. The molecular formula is C21H23ClN4O2S. The molecule has 0 bridgehead atoms. The lowest BCUT2D eigenvalue weighted by Crippen LogP contribution is -2.19. The minimum atomic E-state index is -0.631. The molecule has 0 spiro atoms. The number of thioether (sulfide) groups is 1. The van der Waals surface area contributed by atoms with E-state index < -0.39 is 6.10 Å². The SMILES string of the molecule is C=CCn1c(SCC(O)COC(C)c2ccc(Cl)cc2)nnc1-c1ccncc1. The molecule has 2 atom stereocenters. The highest BCUT2D eigenvalue weighted by Crippen LogP contribution is 2.25. The Morgan fingerprint density at radius 1 is 1.21 bits per heavy atom. The third-order valence-electron chi connectivity index (χ3n) is 4.25. The summed E-state index contributed by atoms with van der Waals surface area (Å²) in [7, 11) is 0. The molecule has 152 valence electrons. The highest BCUT2D eigenvalue weighted by molar-refractivity contribution is 7.99. The standard InChI is InChI=1S/C21H23ClN4O2S/c1-3-12-26-20(17-8-10-23-11-9-17)24-25-21(26)29-14-19(27)13-28-15(2)16-4-6-18(22)7-5-16/h3-11,15,19,27H,1,12-14H2,2H3. The molecule has 0 aliphatic rings. The maximum atomic E-state index is 10.3. The van der Waals surface area contributed by atoms with Gasteiger partial charge in [-0.3, -0.25) is 9.55 Å². The van der Waals surface area contributed by atoms with Gasteiger partial charge in [-0.05, 0) is 36.8 Å². The zero-order valence-electron chi connectivity index (χ0n) is 16.1. The molecule has 2 heterocycles. The first-order valence-electron chi connectivity index (χ1n) is 9.21. The quantitative estimate of drug-likeness (QED) is 0.379. The molecule has 1 N–H and O–H groups in total. The van der Waals surface area contributed by atoms with E-state index in [0.29, 0.717) is 17.3 Å². The zero-order valence-corrected chi connectivity index (χ0v) is 17.7. The van der Waals surface area contributed by atoms with Gasteiger partial charge in [0.05, 0.1) is 18.8 Å². The van der Waals surface area contributed by atoms with Crippen LogP contribution in [0.5, 0.6) is 0 Å². The van der Waals surface area contributed by atoms with E-state index in [1.54, 1.807) is 18.5 Å². The maximum absolute atomic E-state index is 10.3. The van der Waals surface area contributed by atoms with E-state index in [2.05, 4.69) is 21.8 Å². The first-order valence-corrected chi connectivity index (χ1v) is 10.6. The van der Waals surface area contributed by atoms with E-state index in [0.717, 1.165) is 22.1 Å². The van der Waals surface area contributed by atoms with Crippen LogP contribution in [0.4, 0.5) is 0 Å². The second-order valence-electron chi connectivity index (χ2n) is 6.43. The molecule has 3 aromatic rings. The predicted octanol–water partition coefficient (Wildman–Crippen LogP) is 4.41. The number of aliphatic hydroxyl groups is 1. The third-order valence-corrected chi connectivity index (χ3v) is 5.61. The number of rotatable bonds is 10. The van der Waals surface area contributed by atoms with Crippen molar-refractivity contribution in [1.82, 2.24) is 19.7 Å². The average Bonchev–Trinajstić information content (AvgIpc) is 3.14. The van der Waals surface area contributed by atoms with Crippen molar-refractivity contribution < 1.29 is 9.84 Å². The van der Waals surface area contributed by atoms with E-state index >= 15 is 0 Å². The number of hydrogen-bond donors (Lipinski definition) is 1. The van der Waals surface area contributed by atoms with Gasteiger partial charge in [0, 0.05) is 35.3 Å². The van der Waals surface area contributed by atoms with Crippen molar-refractivity contribution in [2.45, 2.75) is 30.8 Å². The van der Waals surface area contributed by atoms with Crippen molar-refractivity contribution in [2.75, 3.05) is 12.4 Å². The van der Waals surface area contributed by atoms with Gasteiger partial charge in [0.15, 0.2) is 11.0 Å². The summed E-state index contributed by atoms with van der Waals surface area (Å²) in [5.74, 6) is 1.19. The first kappa shape index (κ1) is 21.5. The van der Waals surface area contributed by atoms with Crippen LogP contribution in [-0.4, -0.2) is 43.3 Å². The highest BCUT2D eigenvalue weighted by Gasteiger charge is 2.16. The fourth-order valence-corrected chi connectivity index (χ4v) is 3.69. The molecule has 2 aromatic heterocycles. The molecule has 0 aliphatic carbocycles. The number of aliphatic hydroxyl groups excluding tert-OH is 1. The molecule has 3 rings (SSSR count). The molecule has 6 nitrogen and oxygen atoms in total. The van der Waals surface area contributed by atoms with Gasteiger partial charge in [-0.15, -0.1) is 16.8 Å². The molecule has 0 radical (unpaired) electrons. The van der Waals surface area contributed by atoms with Gasteiger partial charge in [0.1, 0.15) is 0 Å². The molecule has 29 heavy (non-hydrogen) atoms. The maximum Gasteiger partial charge on any atom is 0.191 e. The van der Waals surface area contributed by atoms with Crippen molar-refractivity contribution in [3.63, 3.8) is 0 Å². The van der Waals surface area contributed by atoms with Gasteiger partial charge in [0.2, 0.25) is 0 Å². The Morgan fingerprint density at radius 3 is 2.62 bits per heavy atom. The fourth-order valence-electron chi connectivity index (χ4n) is 2.71. The van der Waals surface area contributed by atoms with Crippen LogP contribution in [0.1, 0.15) is 18.6 Å². The summed E-state index contributed by atoms with van der Waals surface area (Å²) in [5, 5.41) is 20.3. The third kappa shape index (κ3) is 5.90. The smallest absolute Gasteiger partial charge is 0.191 e. The summed E-state index contributed by atoms with van der Waals surface area (Å²) in [6.45, 7) is 6.57. The van der Waals surface area contributed by atoms with Crippen LogP contribution in [0.25, 0.3) is 11.4 Å². The summed E-state index contributed by atoms with van der Waals surface area (Å²) >= 11 is 7.35. The monoisotopic (exact) mass is 430 g/mol. The van der Waals surface area contributed by atoms with Crippen LogP contribution >= 0.6 is 23.4 Å². The van der Waals surface area contributed by atoms with E-state index in [1.165, 1.54) is 11.8 Å². The number of pyridine rings is 1. The Labute approximate surface area is 179 Å². The number of ether oxygens (including phenoxy) is 1. The van der Waals surface area contributed by atoms with E-state index in [1.807, 2.05) is 47.9 Å². The Hall–Kier alpha value is -2.19. The molecule has 2 unspecified atom stereocenters. The second kappa shape index (κ2) is 10.5. The van der Waals surface area contributed by atoms with Crippen LogP contribution in [0.15, 0.2) is 66.6 Å². The minimum absolute atomic E-state index is 0.130. The summed E-state index contributed by atoms with van der Waals surface area (Å²) in [4.78, 5) is 4.04. The predicted molar refractivity (Wildman–Crippen MR) is 116 cm³/mol. The molecular weight excluding hydrogens is 408 g/mol. The van der Waals surface area contributed by atoms with Crippen molar-refractivity contribution in [1.29, 1.82) is 0 Å². The largest absolute Gasteiger partial charge is 0.390 e. The Bertz CT molecular complexity index is 918. The molecule has 8 heteroatoms. The summed E-state index contributed by atoms with van der Waals surface area (Å²) in [6, 6.07) is 11.3. The van der Waals surface area contributed by atoms with Crippen molar-refractivity contribution in [3.8, 4) is 11.4 Å². The van der Waals surface area contributed by atoms with Crippen LogP contribution in [-0.2, 0) is 11.3 Å². The minimum Gasteiger partial charge on any atom is -0.390 e. The summed E-state index contributed by atoms with van der Waals surface area (Å²) < 4.78 is 7.77. The van der Waals surface area contributed by atoms with Gasteiger partial charge >= 0.3 is 0 Å². The average molecular weight is 431 g/mol. The Balaban J connectivity index is 1.57. The number of allylic oxidation sites excluding steroid dienone is 1. The second-order valence-corrected chi connectivity index (χ2v) is 7.86. The molecule has 0 saturated heterocycles. The molecule has 0 amide bonds. The van der Waals surface area contributed by atoms with Gasteiger partial charge in [-0.2, -0.15) is 0 Å². The van der Waals surface area contributed by atoms with Crippen molar-refractivity contribution in [3.05, 3.63) is 72.0 Å². The molecule has 0 saturated carbocycles. The number of benzene rings is 1. The zero-order chi connectivity index (χ0) is 20.6. The van der Waals surface area contributed by atoms with Gasteiger partial charge in [0.25, 0.3) is 0 Å². The topological polar surface area (TPSA) is 73.1 Å². The number of hydrogen-bond acceptors (Lipinski definition) is 6. The molecule has 1 aromatic carbocycles. The number of halogens is 1. The van der Waals surface area contributed by atoms with Gasteiger partial charge in [-0.1, -0.05) is 41.6 Å². The lowest BCUT2D eigenvalue weighted by atomic mass is 10.1. The first-order chi connectivity index (χ1) is 14.1. The van der Waals surface area contributed by atoms with Crippen molar-refractivity contribution >= 4 is 23.4 Å². The van der Waals surface area contributed by atoms with E-state index in [9.17, 15) is 5.11 Å². The van der Waals surface area contributed by atoms with Crippen molar-refractivity contribution in [2.24, 2.45) is 0 Å². The molecule has 0 aliphatic heterocycles. The Kier molecular flexibility index (Phi) is 7.83. The van der Waals surface area contributed by atoms with E-state index in [-0.39, 0.29) is 12.7 Å². The normalized spacial score (nSPS) is 13.2. The van der Waals surface area contributed by atoms with Crippen LogP contribution in [0.3, 0.4) is 0 Å². The summed E-state index contributed by atoms with van der Waals surface area (Å²) in [6.07, 6.45) is 4.48. The van der Waals surface area contributed by atoms with Gasteiger partial charge in [-0.25, -0.2) is 0 Å². The van der Waals surface area contributed by atoms with Crippen LogP contribution in [0, 0.1) is 0 Å². The molecule has 0 fully saturated rings. The fraction of sp³-hybridized carbons (Fsp3) is 0.286. The van der Waals surface area contributed by atoms with Crippen LogP contribution in [0.2, 0.25) is 5.02 Å². The van der Waals surface area contributed by atoms with E-state index in [4.69, 9.17) is 16.3 Å². The lowest BCUT2D eigenvalue weighted by Gasteiger charge is -2.17.